The molecular weight excluding hydrogens is 252 g/mol. The van der Waals surface area contributed by atoms with Crippen LogP contribution in [0.5, 0.6) is 0 Å². The summed E-state index contributed by atoms with van der Waals surface area (Å²) in [6, 6.07) is 2.88. The van der Waals surface area contributed by atoms with Crippen LogP contribution in [-0.2, 0) is 4.79 Å². The highest BCUT2D eigenvalue weighted by atomic mass is 19.1. The van der Waals surface area contributed by atoms with Gasteiger partial charge in [0.25, 0.3) is 0 Å². The van der Waals surface area contributed by atoms with E-state index < -0.39 is 29.2 Å². The standard InChI is InChI=1S/C14H19F2NO2/c1-4-8-14(3,13(18)19)17-9(2)12-10(15)6-5-7-11(12)16/h5-7,9,17H,4,8H2,1-3H3,(H,18,19). The number of nitrogens with one attached hydrogen (secondary N) is 1. The molecule has 0 aliphatic heterocycles. The topological polar surface area (TPSA) is 49.3 Å². The van der Waals surface area contributed by atoms with Crippen molar-refractivity contribution in [2.75, 3.05) is 0 Å². The number of benzene rings is 1. The molecule has 0 amide bonds. The van der Waals surface area contributed by atoms with Gasteiger partial charge in [0.05, 0.1) is 0 Å². The van der Waals surface area contributed by atoms with Crippen molar-refractivity contribution < 1.29 is 18.7 Å². The van der Waals surface area contributed by atoms with Gasteiger partial charge in [-0.25, -0.2) is 8.78 Å². The van der Waals surface area contributed by atoms with E-state index in [4.69, 9.17) is 0 Å². The van der Waals surface area contributed by atoms with Crippen molar-refractivity contribution >= 4 is 5.97 Å². The summed E-state index contributed by atoms with van der Waals surface area (Å²) in [7, 11) is 0. The monoisotopic (exact) mass is 271 g/mol. The summed E-state index contributed by atoms with van der Waals surface area (Å²) >= 11 is 0. The van der Waals surface area contributed by atoms with Gasteiger partial charge in [-0.3, -0.25) is 10.1 Å². The second-order valence-electron chi connectivity index (χ2n) is 4.89. The van der Waals surface area contributed by atoms with Crippen molar-refractivity contribution in [3.05, 3.63) is 35.4 Å². The Bertz CT molecular complexity index is 445. The molecule has 0 bridgehead atoms. The van der Waals surface area contributed by atoms with E-state index in [2.05, 4.69) is 5.32 Å². The summed E-state index contributed by atoms with van der Waals surface area (Å²) in [5, 5.41) is 12.1. The minimum atomic E-state index is -1.21. The summed E-state index contributed by atoms with van der Waals surface area (Å²) in [5.41, 5.74) is -1.34. The fourth-order valence-corrected chi connectivity index (χ4v) is 2.22. The molecule has 0 radical (unpaired) electrons. The number of carboxylic acids is 1. The summed E-state index contributed by atoms with van der Waals surface area (Å²) in [4.78, 5) is 11.3. The minimum absolute atomic E-state index is 0.133. The molecule has 1 rings (SSSR count). The third-order valence-corrected chi connectivity index (χ3v) is 3.19. The van der Waals surface area contributed by atoms with Gasteiger partial charge in [-0.2, -0.15) is 0 Å². The molecule has 3 nitrogen and oxygen atoms in total. The maximum atomic E-state index is 13.6. The van der Waals surface area contributed by atoms with E-state index in [1.165, 1.54) is 13.0 Å². The van der Waals surface area contributed by atoms with E-state index in [1.54, 1.807) is 6.92 Å². The van der Waals surface area contributed by atoms with Gasteiger partial charge in [0, 0.05) is 11.6 Å². The van der Waals surface area contributed by atoms with Crippen LogP contribution < -0.4 is 5.32 Å². The van der Waals surface area contributed by atoms with Crippen LogP contribution in [0.3, 0.4) is 0 Å². The summed E-state index contributed by atoms with van der Waals surface area (Å²) in [6.45, 7) is 4.93. The van der Waals surface area contributed by atoms with Crippen LogP contribution in [0.15, 0.2) is 18.2 Å². The van der Waals surface area contributed by atoms with Gasteiger partial charge in [0.2, 0.25) is 0 Å². The first-order valence-electron chi connectivity index (χ1n) is 6.27. The smallest absolute Gasteiger partial charge is 0.323 e. The third kappa shape index (κ3) is 3.50. The second kappa shape index (κ2) is 6.10. The van der Waals surface area contributed by atoms with Gasteiger partial charge in [-0.1, -0.05) is 19.4 Å². The number of hydrogen-bond acceptors (Lipinski definition) is 2. The van der Waals surface area contributed by atoms with E-state index in [0.29, 0.717) is 12.8 Å². The predicted molar refractivity (Wildman–Crippen MR) is 68.9 cm³/mol. The van der Waals surface area contributed by atoms with Crippen molar-refractivity contribution in [2.24, 2.45) is 0 Å². The summed E-state index contributed by atoms with van der Waals surface area (Å²) < 4.78 is 27.3. The molecule has 2 unspecified atom stereocenters. The fourth-order valence-electron chi connectivity index (χ4n) is 2.22. The first-order chi connectivity index (χ1) is 8.81. The normalized spacial score (nSPS) is 15.8. The molecule has 19 heavy (non-hydrogen) atoms. The van der Waals surface area contributed by atoms with Crippen LogP contribution >= 0.6 is 0 Å². The van der Waals surface area contributed by atoms with Crippen molar-refractivity contribution in [1.82, 2.24) is 5.32 Å². The van der Waals surface area contributed by atoms with Crippen LogP contribution in [0.1, 0.15) is 45.2 Å². The Labute approximate surface area is 111 Å². The Morgan fingerprint density at radius 3 is 2.37 bits per heavy atom. The van der Waals surface area contributed by atoms with E-state index >= 15 is 0 Å². The molecule has 0 saturated heterocycles. The highest BCUT2D eigenvalue weighted by molar-refractivity contribution is 5.78. The van der Waals surface area contributed by atoms with Gasteiger partial charge in [-0.15, -0.1) is 0 Å². The van der Waals surface area contributed by atoms with Gasteiger partial charge in [0.1, 0.15) is 17.2 Å². The molecule has 0 saturated carbocycles. The average molecular weight is 271 g/mol. The molecule has 1 aromatic rings. The van der Waals surface area contributed by atoms with Crippen LogP contribution in [0.4, 0.5) is 8.78 Å². The molecule has 0 spiro atoms. The van der Waals surface area contributed by atoms with E-state index in [-0.39, 0.29) is 5.56 Å². The maximum Gasteiger partial charge on any atom is 0.323 e. The summed E-state index contributed by atoms with van der Waals surface area (Å²) in [6.07, 6.45) is 1.03. The number of carbonyl (C=O) groups is 1. The van der Waals surface area contributed by atoms with Crippen LogP contribution in [-0.4, -0.2) is 16.6 Å². The molecule has 2 N–H and O–H groups in total. The lowest BCUT2D eigenvalue weighted by atomic mass is 9.93. The molecule has 106 valence electrons. The number of carboxylic acid groups (broad SMARTS) is 1. The number of rotatable bonds is 6. The van der Waals surface area contributed by atoms with Crippen molar-refractivity contribution in [3.8, 4) is 0 Å². The van der Waals surface area contributed by atoms with E-state index in [0.717, 1.165) is 12.1 Å². The quantitative estimate of drug-likeness (QED) is 0.835. The highest BCUT2D eigenvalue weighted by Gasteiger charge is 2.34. The third-order valence-electron chi connectivity index (χ3n) is 3.19. The van der Waals surface area contributed by atoms with Crippen molar-refractivity contribution in [3.63, 3.8) is 0 Å². The zero-order valence-corrected chi connectivity index (χ0v) is 11.3. The van der Waals surface area contributed by atoms with E-state index in [1.807, 2.05) is 6.92 Å². The fraction of sp³-hybridized carbons (Fsp3) is 0.500. The van der Waals surface area contributed by atoms with Gasteiger partial charge in [0.15, 0.2) is 0 Å². The highest BCUT2D eigenvalue weighted by Crippen LogP contribution is 2.24. The zero-order chi connectivity index (χ0) is 14.6. The SMILES string of the molecule is CCCC(C)(NC(C)c1c(F)cccc1F)C(=O)O. The van der Waals surface area contributed by atoms with Gasteiger partial charge >= 0.3 is 5.97 Å². The Balaban J connectivity index is 3.01. The van der Waals surface area contributed by atoms with Crippen LogP contribution in [0.2, 0.25) is 0 Å². The van der Waals surface area contributed by atoms with Crippen molar-refractivity contribution in [1.29, 1.82) is 0 Å². The number of aliphatic carboxylic acids is 1. The van der Waals surface area contributed by atoms with Crippen LogP contribution in [0.25, 0.3) is 0 Å². The number of hydrogen-bond donors (Lipinski definition) is 2. The average Bonchev–Trinajstić information content (AvgIpc) is 2.28. The molecule has 0 aliphatic rings. The predicted octanol–water partition coefficient (Wildman–Crippen LogP) is 3.26. The molecule has 5 heteroatoms. The Morgan fingerprint density at radius 1 is 1.42 bits per heavy atom. The van der Waals surface area contributed by atoms with Crippen LogP contribution in [0, 0.1) is 11.6 Å². The maximum absolute atomic E-state index is 13.6. The Morgan fingerprint density at radius 2 is 1.95 bits per heavy atom. The summed E-state index contributed by atoms with van der Waals surface area (Å²) in [5.74, 6) is -2.38. The van der Waals surface area contributed by atoms with Gasteiger partial charge < -0.3 is 5.11 Å². The van der Waals surface area contributed by atoms with E-state index in [9.17, 15) is 18.7 Å². The first-order valence-corrected chi connectivity index (χ1v) is 6.27. The molecule has 1 aromatic carbocycles. The minimum Gasteiger partial charge on any atom is -0.480 e. The zero-order valence-electron chi connectivity index (χ0n) is 11.3. The Kier molecular flexibility index (Phi) is 5.00. The molecule has 0 aromatic heterocycles. The largest absolute Gasteiger partial charge is 0.480 e. The molecule has 0 fully saturated rings. The molecule has 0 aliphatic carbocycles. The first kappa shape index (κ1) is 15.6. The molecular formula is C14H19F2NO2. The lowest BCUT2D eigenvalue weighted by Gasteiger charge is -2.30. The molecule has 2 atom stereocenters. The van der Waals surface area contributed by atoms with Gasteiger partial charge in [-0.05, 0) is 32.4 Å². The lowest BCUT2D eigenvalue weighted by Crippen LogP contribution is -2.50. The lowest BCUT2D eigenvalue weighted by molar-refractivity contribution is -0.144. The van der Waals surface area contributed by atoms with Crippen molar-refractivity contribution in [2.45, 2.75) is 45.2 Å². The number of halogens is 2. The Hall–Kier alpha value is -1.49. The molecule has 0 heterocycles. The second-order valence-corrected chi connectivity index (χ2v) is 4.89.